The molecule has 19 heavy (non-hydrogen) atoms. The van der Waals surface area contributed by atoms with Crippen LogP contribution in [0.15, 0.2) is 28.7 Å². The topological polar surface area (TPSA) is 55.4 Å². The van der Waals surface area contributed by atoms with Gasteiger partial charge in [0.25, 0.3) is 0 Å². The van der Waals surface area contributed by atoms with Gasteiger partial charge in [-0.05, 0) is 37.1 Å². The van der Waals surface area contributed by atoms with Crippen molar-refractivity contribution >= 4 is 25.8 Å². The predicted octanol–water partition coefficient (Wildman–Crippen LogP) is 1.99. The molecule has 1 aliphatic rings. The highest BCUT2D eigenvalue weighted by Crippen LogP contribution is 2.16. The molecular formula is C13H18BrNO3S. The van der Waals surface area contributed by atoms with E-state index < -0.39 is 9.84 Å². The Morgan fingerprint density at radius 1 is 1.32 bits per heavy atom. The summed E-state index contributed by atoms with van der Waals surface area (Å²) in [5.74, 6) is 1.41. The Bertz CT molecular complexity index is 501. The molecular weight excluding hydrogens is 330 g/mol. The minimum Gasteiger partial charge on any atom is -0.492 e. The van der Waals surface area contributed by atoms with E-state index in [0.29, 0.717) is 18.9 Å². The first-order chi connectivity index (χ1) is 9.05. The van der Waals surface area contributed by atoms with Crippen LogP contribution in [-0.4, -0.2) is 39.1 Å². The van der Waals surface area contributed by atoms with Gasteiger partial charge in [0.1, 0.15) is 12.4 Å². The smallest absolute Gasteiger partial charge is 0.151 e. The van der Waals surface area contributed by atoms with Crippen molar-refractivity contribution in [1.29, 1.82) is 0 Å². The first-order valence-corrected chi connectivity index (χ1v) is 8.99. The predicted molar refractivity (Wildman–Crippen MR) is 79.3 cm³/mol. The Morgan fingerprint density at radius 2 is 2.05 bits per heavy atom. The molecule has 2 rings (SSSR count). The Hall–Kier alpha value is -0.590. The summed E-state index contributed by atoms with van der Waals surface area (Å²) in [6, 6.07) is 7.73. The van der Waals surface area contributed by atoms with Gasteiger partial charge in [-0.2, -0.15) is 0 Å². The Labute approximate surface area is 122 Å². The normalized spacial score (nSPS) is 22.1. The van der Waals surface area contributed by atoms with Crippen LogP contribution < -0.4 is 10.1 Å². The summed E-state index contributed by atoms with van der Waals surface area (Å²) in [5.41, 5.74) is 0. The van der Waals surface area contributed by atoms with Crippen LogP contribution in [0, 0.1) is 0 Å². The number of nitrogens with one attached hydrogen (secondary N) is 1. The highest BCUT2D eigenvalue weighted by molar-refractivity contribution is 9.10. The van der Waals surface area contributed by atoms with Gasteiger partial charge in [0.15, 0.2) is 9.84 Å². The zero-order valence-corrected chi connectivity index (χ0v) is 13.0. The standard InChI is InChI=1S/C13H18BrNO3S/c14-11-3-5-13(6-4-11)18-8-7-15-12-2-1-9-19(16,17)10-12/h3-6,12,15H,1-2,7-10H2. The molecule has 106 valence electrons. The van der Waals surface area contributed by atoms with Crippen LogP contribution in [0.5, 0.6) is 5.75 Å². The van der Waals surface area contributed by atoms with Gasteiger partial charge in [-0.15, -0.1) is 0 Å². The van der Waals surface area contributed by atoms with Crippen molar-refractivity contribution in [2.75, 3.05) is 24.7 Å². The number of hydrogen-bond acceptors (Lipinski definition) is 4. The van der Waals surface area contributed by atoms with Crippen molar-refractivity contribution in [3.05, 3.63) is 28.7 Å². The lowest BCUT2D eigenvalue weighted by molar-refractivity contribution is 0.304. The number of hydrogen-bond donors (Lipinski definition) is 1. The number of halogens is 1. The van der Waals surface area contributed by atoms with Crippen LogP contribution >= 0.6 is 15.9 Å². The summed E-state index contributed by atoms with van der Waals surface area (Å²) in [5, 5.41) is 3.25. The second kappa shape index (κ2) is 6.72. The molecule has 1 aliphatic heterocycles. The molecule has 0 spiro atoms. The molecule has 1 aromatic carbocycles. The molecule has 1 heterocycles. The third-order valence-corrected chi connectivity index (χ3v) is 5.43. The molecule has 1 aromatic rings. The minimum atomic E-state index is -2.83. The molecule has 1 unspecified atom stereocenters. The first kappa shape index (κ1) is 14.8. The molecule has 0 aromatic heterocycles. The van der Waals surface area contributed by atoms with Gasteiger partial charge in [-0.1, -0.05) is 15.9 Å². The van der Waals surface area contributed by atoms with E-state index in [9.17, 15) is 8.42 Å². The second-order valence-electron chi connectivity index (χ2n) is 4.71. The zero-order valence-electron chi connectivity index (χ0n) is 10.6. The van der Waals surface area contributed by atoms with Gasteiger partial charge in [0, 0.05) is 17.1 Å². The molecule has 0 amide bonds. The largest absolute Gasteiger partial charge is 0.492 e. The fraction of sp³-hybridized carbons (Fsp3) is 0.538. The molecule has 0 radical (unpaired) electrons. The summed E-state index contributed by atoms with van der Waals surface area (Å²) >= 11 is 3.37. The molecule has 4 nitrogen and oxygen atoms in total. The quantitative estimate of drug-likeness (QED) is 0.827. The third kappa shape index (κ3) is 5.12. The van der Waals surface area contributed by atoms with E-state index in [2.05, 4.69) is 21.2 Å². The highest BCUT2D eigenvalue weighted by Gasteiger charge is 2.23. The van der Waals surface area contributed by atoms with Gasteiger partial charge in [0.2, 0.25) is 0 Å². The molecule has 0 bridgehead atoms. The van der Waals surface area contributed by atoms with Crippen LogP contribution in [0.4, 0.5) is 0 Å². The van der Waals surface area contributed by atoms with Crippen LogP contribution in [0.3, 0.4) is 0 Å². The lowest BCUT2D eigenvalue weighted by Gasteiger charge is -2.23. The van der Waals surface area contributed by atoms with E-state index >= 15 is 0 Å². The van der Waals surface area contributed by atoms with E-state index in [1.165, 1.54) is 0 Å². The van der Waals surface area contributed by atoms with Crippen LogP contribution in [0.1, 0.15) is 12.8 Å². The van der Waals surface area contributed by atoms with Gasteiger partial charge >= 0.3 is 0 Å². The lowest BCUT2D eigenvalue weighted by Crippen LogP contribution is -2.41. The zero-order chi connectivity index (χ0) is 13.7. The van der Waals surface area contributed by atoms with Crippen molar-refractivity contribution in [3.8, 4) is 5.75 Å². The van der Waals surface area contributed by atoms with Gasteiger partial charge in [-0.3, -0.25) is 0 Å². The maximum atomic E-state index is 11.5. The lowest BCUT2D eigenvalue weighted by atomic mass is 10.2. The summed E-state index contributed by atoms with van der Waals surface area (Å²) < 4.78 is 29.5. The van der Waals surface area contributed by atoms with Gasteiger partial charge < -0.3 is 10.1 Å². The van der Waals surface area contributed by atoms with E-state index in [-0.39, 0.29) is 11.8 Å². The number of rotatable bonds is 5. The van der Waals surface area contributed by atoms with Crippen molar-refractivity contribution in [2.45, 2.75) is 18.9 Å². The van der Waals surface area contributed by atoms with E-state index in [1.54, 1.807) is 0 Å². The summed E-state index contributed by atoms with van der Waals surface area (Å²) in [6.07, 6.45) is 1.69. The van der Waals surface area contributed by atoms with Gasteiger partial charge in [0.05, 0.1) is 11.5 Å². The Kier molecular flexibility index (Phi) is 5.24. The molecule has 1 atom stereocenters. The Balaban J connectivity index is 1.68. The molecule has 1 saturated heterocycles. The van der Waals surface area contributed by atoms with Gasteiger partial charge in [-0.25, -0.2) is 8.42 Å². The molecule has 1 N–H and O–H groups in total. The summed E-state index contributed by atoms with van der Waals surface area (Å²) in [6.45, 7) is 1.20. The van der Waals surface area contributed by atoms with Crippen LogP contribution in [-0.2, 0) is 9.84 Å². The maximum Gasteiger partial charge on any atom is 0.151 e. The van der Waals surface area contributed by atoms with Crippen molar-refractivity contribution in [3.63, 3.8) is 0 Å². The number of ether oxygens (including phenoxy) is 1. The monoisotopic (exact) mass is 347 g/mol. The summed E-state index contributed by atoms with van der Waals surface area (Å²) in [4.78, 5) is 0. The fourth-order valence-corrected chi connectivity index (χ4v) is 4.08. The average molecular weight is 348 g/mol. The van der Waals surface area contributed by atoms with Crippen molar-refractivity contribution in [2.24, 2.45) is 0 Å². The highest BCUT2D eigenvalue weighted by atomic mass is 79.9. The third-order valence-electron chi connectivity index (χ3n) is 3.08. The minimum absolute atomic E-state index is 0.0762. The average Bonchev–Trinajstić information content (AvgIpc) is 2.36. The van der Waals surface area contributed by atoms with E-state index in [0.717, 1.165) is 23.1 Å². The molecule has 1 fully saturated rings. The van der Waals surface area contributed by atoms with Crippen molar-refractivity contribution < 1.29 is 13.2 Å². The molecule has 0 saturated carbocycles. The number of sulfone groups is 1. The summed E-state index contributed by atoms with van der Waals surface area (Å²) in [7, 11) is -2.83. The fourth-order valence-electron chi connectivity index (χ4n) is 2.15. The SMILES string of the molecule is O=S1(=O)CCCC(NCCOc2ccc(Br)cc2)C1. The van der Waals surface area contributed by atoms with Crippen LogP contribution in [0.25, 0.3) is 0 Å². The van der Waals surface area contributed by atoms with E-state index in [4.69, 9.17) is 4.74 Å². The maximum absolute atomic E-state index is 11.5. The molecule has 6 heteroatoms. The van der Waals surface area contributed by atoms with Crippen molar-refractivity contribution in [1.82, 2.24) is 5.32 Å². The van der Waals surface area contributed by atoms with E-state index in [1.807, 2.05) is 24.3 Å². The Morgan fingerprint density at radius 3 is 2.74 bits per heavy atom. The first-order valence-electron chi connectivity index (χ1n) is 6.37. The molecule has 0 aliphatic carbocycles. The van der Waals surface area contributed by atoms with Crippen LogP contribution in [0.2, 0.25) is 0 Å². The second-order valence-corrected chi connectivity index (χ2v) is 7.85. The number of benzene rings is 1.